The van der Waals surface area contributed by atoms with Crippen molar-refractivity contribution in [3.05, 3.63) is 182 Å². The molecule has 1 heteroatoms. The second-order valence-corrected chi connectivity index (χ2v) is 12.8. The molecule has 9 aromatic carbocycles. The van der Waals surface area contributed by atoms with Gasteiger partial charge in [0.05, 0.1) is 0 Å². The molecule has 0 bridgehead atoms. The van der Waals surface area contributed by atoms with Crippen molar-refractivity contribution in [2.45, 2.75) is 0 Å². The van der Waals surface area contributed by atoms with Gasteiger partial charge in [-0.3, -0.25) is 0 Å². The number of hydrogen-bond acceptors (Lipinski definition) is 1. The summed E-state index contributed by atoms with van der Waals surface area (Å²) in [5.41, 5.74) is 11.5. The average Bonchev–Trinajstić information content (AvgIpc) is 3.55. The van der Waals surface area contributed by atoms with Crippen molar-refractivity contribution in [2.24, 2.45) is 0 Å². The molecular formula is C48H30O. The van der Waals surface area contributed by atoms with Crippen LogP contribution < -0.4 is 0 Å². The molecule has 0 atom stereocenters. The zero-order valence-corrected chi connectivity index (χ0v) is 26.7. The van der Waals surface area contributed by atoms with Crippen LogP contribution in [-0.2, 0) is 0 Å². The Hall–Kier alpha value is -6.44. The molecule has 1 nitrogen and oxygen atoms in total. The molecule has 0 radical (unpaired) electrons. The summed E-state index contributed by atoms with van der Waals surface area (Å²) < 4.78 is 6.52. The van der Waals surface area contributed by atoms with Crippen LogP contribution in [-0.4, -0.2) is 0 Å². The minimum absolute atomic E-state index is 0.900. The molecule has 0 aliphatic heterocycles. The van der Waals surface area contributed by atoms with E-state index >= 15 is 0 Å². The summed E-state index contributed by atoms with van der Waals surface area (Å²) in [6.45, 7) is 0. The molecule has 10 aromatic rings. The lowest BCUT2D eigenvalue weighted by Crippen LogP contribution is -1.92. The Balaban J connectivity index is 1.30. The van der Waals surface area contributed by atoms with Crippen LogP contribution in [0.2, 0.25) is 0 Å². The second-order valence-electron chi connectivity index (χ2n) is 12.8. The maximum Gasteiger partial charge on any atom is 0.136 e. The van der Waals surface area contributed by atoms with Crippen LogP contribution in [0.4, 0.5) is 0 Å². The first-order valence-electron chi connectivity index (χ1n) is 16.8. The molecule has 1 heterocycles. The Labute approximate surface area is 284 Å². The standard InChI is InChI=1S/C48H30O/c1-3-14-31(15-4-1)33-26-27-44-43(29-33)48-41(24-13-25-45(48)49-44)47-39-22-11-9-20-37(39)46(38-21-10-12-23-40(38)47)35-28-34-18-7-8-19-36(34)42(30-35)32-16-5-2-6-17-32/h1-30H. The van der Waals surface area contributed by atoms with Crippen LogP contribution in [0, 0.1) is 0 Å². The smallest absolute Gasteiger partial charge is 0.136 e. The highest BCUT2D eigenvalue weighted by molar-refractivity contribution is 6.26. The van der Waals surface area contributed by atoms with Gasteiger partial charge in [0.1, 0.15) is 11.2 Å². The minimum Gasteiger partial charge on any atom is -0.456 e. The van der Waals surface area contributed by atoms with Crippen molar-refractivity contribution in [1.29, 1.82) is 0 Å². The first kappa shape index (κ1) is 27.7. The number of fused-ring (bicyclic) bond motifs is 6. The van der Waals surface area contributed by atoms with Crippen LogP contribution in [0.5, 0.6) is 0 Å². The fourth-order valence-electron chi connectivity index (χ4n) is 7.89. The van der Waals surface area contributed by atoms with Crippen molar-refractivity contribution in [1.82, 2.24) is 0 Å². The highest BCUT2D eigenvalue weighted by atomic mass is 16.3. The lowest BCUT2D eigenvalue weighted by atomic mass is 9.83. The van der Waals surface area contributed by atoms with Gasteiger partial charge in [-0.05, 0) is 107 Å². The van der Waals surface area contributed by atoms with E-state index in [1.54, 1.807) is 0 Å². The molecule has 0 amide bonds. The van der Waals surface area contributed by atoms with Gasteiger partial charge in [0.25, 0.3) is 0 Å². The van der Waals surface area contributed by atoms with E-state index in [9.17, 15) is 0 Å². The Bertz CT molecular complexity index is 2800. The molecule has 228 valence electrons. The minimum atomic E-state index is 0.900. The first-order valence-corrected chi connectivity index (χ1v) is 16.8. The summed E-state index contributed by atoms with van der Waals surface area (Å²) >= 11 is 0. The molecule has 0 fully saturated rings. The molecule has 0 aliphatic carbocycles. The fraction of sp³-hybridized carbons (Fsp3) is 0. The first-order chi connectivity index (χ1) is 24.3. The molecule has 0 spiro atoms. The summed E-state index contributed by atoms with van der Waals surface area (Å²) in [7, 11) is 0. The maximum absolute atomic E-state index is 6.52. The third-order valence-corrected chi connectivity index (χ3v) is 10.0. The predicted octanol–water partition coefficient (Wildman–Crippen LogP) is 13.7. The third-order valence-electron chi connectivity index (χ3n) is 10.0. The molecule has 0 unspecified atom stereocenters. The van der Waals surface area contributed by atoms with Gasteiger partial charge in [0.2, 0.25) is 0 Å². The molecule has 0 saturated heterocycles. The van der Waals surface area contributed by atoms with Gasteiger partial charge in [-0.15, -0.1) is 0 Å². The lowest BCUT2D eigenvalue weighted by Gasteiger charge is -2.19. The highest BCUT2D eigenvalue weighted by Crippen LogP contribution is 2.48. The topological polar surface area (TPSA) is 13.1 Å². The van der Waals surface area contributed by atoms with Gasteiger partial charge in [-0.2, -0.15) is 0 Å². The summed E-state index contributed by atoms with van der Waals surface area (Å²) in [5.74, 6) is 0. The van der Waals surface area contributed by atoms with E-state index in [2.05, 4.69) is 182 Å². The molecule has 0 N–H and O–H groups in total. The van der Waals surface area contributed by atoms with E-state index in [4.69, 9.17) is 4.42 Å². The Morgan fingerprint density at radius 2 is 0.878 bits per heavy atom. The summed E-state index contributed by atoms with van der Waals surface area (Å²) in [6.07, 6.45) is 0. The Kier molecular flexibility index (Phi) is 6.25. The van der Waals surface area contributed by atoms with Crippen molar-refractivity contribution in [3.63, 3.8) is 0 Å². The number of benzene rings is 9. The molecule has 0 saturated carbocycles. The zero-order chi connectivity index (χ0) is 32.3. The monoisotopic (exact) mass is 622 g/mol. The predicted molar refractivity (Wildman–Crippen MR) is 208 cm³/mol. The van der Waals surface area contributed by atoms with Crippen LogP contribution >= 0.6 is 0 Å². The van der Waals surface area contributed by atoms with Crippen LogP contribution in [0.1, 0.15) is 0 Å². The quantitative estimate of drug-likeness (QED) is 0.178. The van der Waals surface area contributed by atoms with Crippen molar-refractivity contribution in [2.75, 3.05) is 0 Å². The molecular weight excluding hydrogens is 593 g/mol. The van der Waals surface area contributed by atoms with E-state index in [0.717, 1.165) is 21.9 Å². The van der Waals surface area contributed by atoms with Crippen molar-refractivity contribution in [3.8, 4) is 44.5 Å². The summed E-state index contributed by atoms with van der Waals surface area (Å²) in [4.78, 5) is 0. The third kappa shape index (κ3) is 4.40. The van der Waals surface area contributed by atoms with E-state index in [1.807, 2.05) is 0 Å². The van der Waals surface area contributed by atoms with Gasteiger partial charge in [-0.1, -0.05) is 152 Å². The second kappa shape index (κ2) is 11.1. The Morgan fingerprint density at radius 1 is 0.286 bits per heavy atom. The molecule has 0 aliphatic rings. The zero-order valence-electron chi connectivity index (χ0n) is 26.7. The maximum atomic E-state index is 6.52. The average molecular weight is 623 g/mol. The molecule has 10 rings (SSSR count). The largest absolute Gasteiger partial charge is 0.456 e. The summed E-state index contributed by atoms with van der Waals surface area (Å²) in [6, 6.07) is 65.7. The lowest BCUT2D eigenvalue weighted by molar-refractivity contribution is 0.669. The van der Waals surface area contributed by atoms with E-state index in [-0.39, 0.29) is 0 Å². The number of furan rings is 1. The van der Waals surface area contributed by atoms with Gasteiger partial charge in [-0.25, -0.2) is 0 Å². The summed E-state index contributed by atoms with van der Waals surface area (Å²) in [5, 5.41) is 9.71. The molecule has 49 heavy (non-hydrogen) atoms. The van der Waals surface area contributed by atoms with Crippen LogP contribution in [0.25, 0.3) is 98.8 Å². The SMILES string of the molecule is c1ccc(-c2ccc3oc4cccc(-c5c6ccccc6c(-c6cc(-c7ccccc7)c7ccccc7c6)c6ccccc56)c4c3c2)cc1. The Morgan fingerprint density at radius 3 is 1.57 bits per heavy atom. The number of hydrogen-bond donors (Lipinski definition) is 0. The highest BCUT2D eigenvalue weighted by Gasteiger charge is 2.21. The fourth-order valence-corrected chi connectivity index (χ4v) is 7.89. The van der Waals surface area contributed by atoms with Crippen molar-refractivity contribution >= 4 is 54.3 Å². The van der Waals surface area contributed by atoms with Gasteiger partial charge < -0.3 is 4.42 Å². The van der Waals surface area contributed by atoms with Crippen LogP contribution in [0.3, 0.4) is 0 Å². The van der Waals surface area contributed by atoms with Gasteiger partial charge in [0, 0.05) is 10.8 Å². The number of rotatable bonds is 4. The van der Waals surface area contributed by atoms with E-state index in [0.29, 0.717) is 0 Å². The van der Waals surface area contributed by atoms with Crippen LogP contribution in [0.15, 0.2) is 186 Å². The van der Waals surface area contributed by atoms with Gasteiger partial charge >= 0.3 is 0 Å². The van der Waals surface area contributed by atoms with Gasteiger partial charge in [0.15, 0.2) is 0 Å². The molecule has 1 aromatic heterocycles. The van der Waals surface area contributed by atoms with E-state index < -0.39 is 0 Å². The van der Waals surface area contributed by atoms with E-state index in [1.165, 1.54) is 76.8 Å². The van der Waals surface area contributed by atoms with Crippen molar-refractivity contribution < 1.29 is 4.42 Å². The normalized spacial score (nSPS) is 11.7.